The van der Waals surface area contributed by atoms with Gasteiger partial charge in [-0.25, -0.2) is 18.1 Å². The second-order valence-electron chi connectivity index (χ2n) is 6.88. The van der Waals surface area contributed by atoms with E-state index in [0.29, 0.717) is 34.2 Å². The standard InChI is InChI=1S/C21H23N3O5S/c1-13(2)28-17-9-15(20-23-12-14(3)21(25)24-20)10-18(11-17)29-16-5-7-19(8-6-16)30(26,27)22-4/h5-13,22H,1-4H3,(H,23,24,25). The molecule has 3 aromatic rings. The first-order valence-electron chi connectivity index (χ1n) is 9.27. The molecule has 0 fully saturated rings. The molecule has 0 spiro atoms. The van der Waals surface area contributed by atoms with Gasteiger partial charge in [-0.15, -0.1) is 0 Å². The number of aromatic amines is 1. The smallest absolute Gasteiger partial charge is 0.254 e. The molecule has 0 radical (unpaired) electrons. The Morgan fingerprint density at radius 3 is 2.30 bits per heavy atom. The summed E-state index contributed by atoms with van der Waals surface area (Å²) in [5, 5.41) is 0. The molecular formula is C21H23N3O5S. The van der Waals surface area contributed by atoms with Gasteiger partial charge >= 0.3 is 0 Å². The number of nitrogens with one attached hydrogen (secondary N) is 2. The van der Waals surface area contributed by atoms with Crippen molar-refractivity contribution in [2.75, 3.05) is 7.05 Å². The Labute approximate surface area is 175 Å². The molecule has 1 heterocycles. The van der Waals surface area contributed by atoms with Crippen molar-refractivity contribution in [3.05, 3.63) is 64.6 Å². The maximum absolute atomic E-state index is 12.0. The van der Waals surface area contributed by atoms with E-state index in [0.717, 1.165) is 0 Å². The van der Waals surface area contributed by atoms with Gasteiger partial charge in [-0.05, 0) is 64.2 Å². The van der Waals surface area contributed by atoms with Gasteiger partial charge in [0.05, 0.1) is 11.0 Å². The monoisotopic (exact) mass is 429 g/mol. The number of hydrogen-bond acceptors (Lipinski definition) is 6. The van der Waals surface area contributed by atoms with Gasteiger partial charge in [-0.2, -0.15) is 0 Å². The minimum Gasteiger partial charge on any atom is -0.491 e. The summed E-state index contributed by atoms with van der Waals surface area (Å²) in [5.74, 6) is 1.84. The van der Waals surface area contributed by atoms with Gasteiger partial charge in [0.2, 0.25) is 10.0 Å². The molecule has 158 valence electrons. The molecule has 0 unspecified atom stereocenters. The first-order chi connectivity index (χ1) is 14.2. The number of ether oxygens (including phenoxy) is 2. The van der Waals surface area contributed by atoms with Crippen LogP contribution < -0.4 is 19.8 Å². The predicted molar refractivity (Wildman–Crippen MR) is 114 cm³/mol. The van der Waals surface area contributed by atoms with E-state index in [1.165, 1.54) is 25.4 Å². The molecule has 0 aliphatic rings. The van der Waals surface area contributed by atoms with E-state index in [1.807, 2.05) is 13.8 Å². The molecule has 0 saturated heterocycles. The third-order valence-corrected chi connectivity index (χ3v) is 5.57. The van der Waals surface area contributed by atoms with Crippen molar-refractivity contribution >= 4 is 10.0 Å². The third kappa shape index (κ3) is 5.05. The molecular weight excluding hydrogens is 406 g/mol. The molecule has 0 atom stereocenters. The van der Waals surface area contributed by atoms with E-state index in [1.54, 1.807) is 37.3 Å². The number of nitrogens with zero attached hydrogens (tertiary/aromatic N) is 1. The van der Waals surface area contributed by atoms with Crippen LogP contribution in [0, 0.1) is 6.92 Å². The highest BCUT2D eigenvalue weighted by atomic mass is 32.2. The number of H-pyrrole nitrogens is 1. The van der Waals surface area contributed by atoms with Crippen LogP contribution in [-0.4, -0.2) is 31.5 Å². The van der Waals surface area contributed by atoms with E-state index in [2.05, 4.69) is 14.7 Å². The summed E-state index contributed by atoms with van der Waals surface area (Å²) in [6.07, 6.45) is 1.44. The molecule has 30 heavy (non-hydrogen) atoms. The highest BCUT2D eigenvalue weighted by Gasteiger charge is 2.13. The minimum atomic E-state index is -3.53. The average molecular weight is 429 g/mol. The molecule has 8 nitrogen and oxygen atoms in total. The van der Waals surface area contributed by atoms with Crippen LogP contribution in [0.15, 0.2) is 58.4 Å². The van der Waals surface area contributed by atoms with Crippen molar-refractivity contribution in [1.82, 2.24) is 14.7 Å². The lowest BCUT2D eigenvalue weighted by Crippen LogP contribution is -2.18. The number of aromatic nitrogens is 2. The fourth-order valence-corrected chi connectivity index (χ4v) is 3.38. The summed E-state index contributed by atoms with van der Waals surface area (Å²) in [6.45, 7) is 5.49. The molecule has 1 aromatic heterocycles. The zero-order valence-electron chi connectivity index (χ0n) is 17.1. The van der Waals surface area contributed by atoms with Gasteiger partial charge in [0.15, 0.2) is 0 Å². The molecule has 0 aliphatic carbocycles. The van der Waals surface area contributed by atoms with Gasteiger partial charge in [0.1, 0.15) is 23.1 Å². The Hall–Kier alpha value is -3.17. The highest BCUT2D eigenvalue weighted by molar-refractivity contribution is 7.89. The summed E-state index contributed by atoms with van der Waals surface area (Å²) < 4.78 is 37.7. The van der Waals surface area contributed by atoms with Gasteiger partial charge in [0.25, 0.3) is 5.56 Å². The molecule has 0 bridgehead atoms. The van der Waals surface area contributed by atoms with Gasteiger partial charge in [-0.1, -0.05) is 0 Å². The van der Waals surface area contributed by atoms with Crippen LogP contribution in [-0.2, 0) is 10.0 Å². The number of benzene rings is 2. The number of sulfonamides is 1. The van der Waals surface area contributed by atoms with E-state index in [-0.39, 0.29) is 16.6 Å². The summed E-state index contributed by atoms with van der Waals surface area (Å²) in [5.41, 5.74) is 0.912. The van der Waals surface area contributed by atoms with Crippen LogP contribution in [0.4, 0.5) is 0 Å². The van der Waals surface area contributed by atoms with Crippen molar-refractivity contribution < 1.29 is 17.9 Å². The van der Waals surface area contributed by atoms with Crippen molar-refractivity contribution in [3.63, 3.8) is 0 Å². The first kappa shape index (κ1) is 21.5. The Morgan fingerprint density at radius 2 is 1.70 bits per heavy atom. The van der Waals surface area contributed by atoms with E-state index in [9.17, 15) is 13.2 Å². The predicted octanol–water partition coefficient (Wildman–Crippen LogP) is 3.23. The van der Waals surface area contributed by atoms with Crippen molar-refractivity contribution in [1.29, 1.82) is 0 Å². The Bertz CT molecular complexity index is 1200. The quantitative estimate of drug-likeness (QED) is 0.597. The van der Waals surface area contributed by atoms with Crippen molar-refractivity contribution in [3.8, 4) is 28.6 Å². The largest absolute Gasteiger partial charge is 0.491 e. The molecule has 9 heteroatoms. The van der Waals surface area contributed by atoms with Crippen LogP contribution >= 0.6 is 0 Å². The van der Waals surface area contributed by atoms with E-state index < -0.39 is 10.0 Å². The summed E-state index contributed by atoms with van der Waals surface area (Å²) in [6, 6.07) is 11.2. The molecule has 3 rings (SSSR count). The minimum absolute atomic E-state index is 0.0656. The topological polar surface area (TPSA) is 110 Å². The van der Waals surface area contributed by atoms with Crippen LogP contribution in [0.1, 0.15) is 19.4 Å². The molecule has 0 aliphatic heterocycles. The molecule has 2 aromatic carbocycles. The fraction of sp³-hybridized carbons (Fsp3) is 0.238. The van der Waals surface area contributed by atoms with E-state index in [4.69, 9.17) is 9.47 Å². The van der Waals surface area contributed by atoms with E-state index >= 15 is 0 Å². The molecule has 0 saturated carbocycles. The third-order valence-electron chi connectivity index (χ3n) is 4.14. The lowest BCUT2D eigenvalue weighted by Gasteiger charge is -2.14. The van der Waals surface area contributed by atoms with Crippen molar-refractivity contribution in [2.24, 2.45) is 0 Å². The molecule has 0 amide bonds. The number of rotatable bonds is 7. The zero-order valence-corrected chi connectivity index (χ0v) is 17.9. The summed E-state index contributed by atoms with van der Waals surface area (Å²) in [4.78, 5) is 19.1. The van der Waals surface area contributed by atoms with Crippen LogP contribution in [0.3, 0.4) is 0 Å². The lowest BCUT2D eigenvalue weighted by atomic mass is 10.1. The van der Waals surface area contributed by atoms with Crippen LogP contribution in [0.5, 0.6) is 17.2 Å². The SMILES string of the molecule is CNS(=O)(=O)c1ccc(Oc2cc(OC(C)C)cc(-c3ncc(C)c(=O)[nH]3)c2)cc1. The number of aryl methyl sites for hydroxylation is 1. The second-order valence-corrected chi connectivity index (χ2v) is 8.77. The van der Waals surface area contributed by atoms with Gasteiger partial charge in [-0.3, -0.25) is 4.79 Å². The first-order valence-corrected chi connectivity index (χ1v) is 10.8. The normalized spacial score (nSPS) is 11.5. The zero-order chi connectivity index (χ0) is 21.9. The maximum atomic E-state index is 12.0. The fourth-order valence-electron chi connectivity index (χ4n) is 2.65. The summed E-state index contributed by atoms with van der Waals surface area (Å²) >= 11 is 0. The molecule has 2 N–H and O–H groups in total. The number of hydrogen-bond donors (Lipinski definition) is 2. The Morgan fingerprint density at radius 1 is 1.03 bits per heavy atom. The Kier molecular flexibility index (Phi) is 6.23. The highest BCUT2D eigenvalue weighted by Crippen LogP contribution is 2.31. The van der Waals surface area contributed by atoms with Crippen LogP contribution in [0.25, 0.3) is 11.4 Å². The Balaban J connectivity index is 1.97. The van der Waals surface area contributed by atoms with Crippen LogP contribution in [0.2, 0.25) is 0 Å². The average Bonchev–Trinajstić information content (AvgIpc) is 2.70. The maximum Gasteiger partial charge on any atom is 0.254 e. The van der Waals surface area contributed by atoms with Gasteiger partial charge in [0, 0.05) is 23.4 Å². The van der Waals surface area contributed by atoms with Gasteiger partial charge < -0.3 is 14.5 Å². The second kappa shape index (κ2) is 8.68. The lowest BCUT2D eigenvalue weighted by molar-refractivity contribution is 0.241. The van der Waals surface area contributed by atoms with Crippen molar-refractivity contribution in [2.45, 2.75) is 31.8 Å². The summed E-state index contributed by atoms with van der Waals surface area (Å²) in [7, 11) is -2.17.